The van der Waals surface area contributed by atoms with Gasteiger partial charge >= 0.3 is 0 Å². The van der Waals surface area contributed by atoms with Crippen LogP contribution in [0.3, 0.4) is 0 Å². The Kier molecular flexibility index (Phi) is 2.95. The van der Waals surface area contributed by atoms with Crippen LogP contribution in [-0.2, 0) is 0 Å². The lowest BCUT2D eigenvalue weighted by Crippen LogP contribution is -1.93. The largest absolute Gasteiger partial charge is 0.298 e. The van der Waals surface area contributed by atoms with Gasteiger partial charge in [0, 0.05) is 0 Å². The van der Waals surface area contributed by atoms with Crippen LogP contribution in [0.2, 0.25) is 0 Å². The maximum atomic E-state index is 10.9. The number of benzene rings is 1. The van der Waals surface area contributed by atoms with Crippen molar-refractivity contribution in [2.24, 2.45) is 0 Å². The van der Waals surface area contributed by atoms with Crippen LogP contribution in [-0.4, -0.2) is 15.1 Å². The zero-order chi connectivity index (χ0) is 12.0. The van der Waals surface area contributed by atoms with Gasteiger partial charge in [-0.15, -0.1) is 37.9 Å². The molecule has 0 bridgehead atoms. The summed E-state index contributed by atoms with van der Waals surface area (Å²) in [6, 6.07) is 0. The molecular weight excluding hydrogens is 286 g/mol. The molecule has 9 heteroatoms. The minimum absolute atomic E-state index is 0.163. The van der Waals surface area contributed by atoms with Gasteiger partial charge < -0.3 is 0 Å². The summed E-state index contributed by atoms with van der Waals surface area (Å²) < 4.78 is 0.353. The van der Waals surface area contributed by atoms with Gasteiger partial charge in [-0.05, 0) is 0 Å². The van der Waals surface area contributed by atoms with Gasteiger partial charge in [-0.3, -0.25) is 20.3 Å². The maximum Gasteiger partial charge on any atom is 0.297 e. The number of nitrogens with one attached hydrogen (secondary N) is 2. The minimum atomic E-state index is -0.550. The molecule has 2 rings (SSSR count). The Labute approximate surface area is 111 Å². The van der Waals surface area contributed by atoms with E-state index >= 15 is 0 Å². The smallest absolute Gasteiger partial charge is 0.297 e. The second-order valence-corrected chi connectivity index (χ2v) is 4.73. The van der Waals surface area contributed by atoms with Crippen LogP contribution in [0.5, 0.6) is 0 Å². The highest BCUT2D eigenvalue weighted by Crippen LogP contribution is 2.41. The highest BCUT2D eigenvalue weighted by molar-refractivity contribution is 7.84. The summed E-state index contributed by atoms with van der Waals surface area (Å²) in [5.41, 5.74) is 0.372. The molecule has 0 aliphatic heterocycles. The average Bonchev–Trinajstić information content (AvgIpc) is 2.57. The SMILES string of the molecule is O=[N+]([O-])c1c(S)c(S)c2[nH][nH]c(=S)c2c1S. The standard InChI is InChI=1S/C7H5N3O2S4/c11-10(12)3-4(13)1-2(5(14)6(3)15)8-9-7(1)16/h13-15H,(H2,8,9,16). The fourth-order valence-electron chi connectivity index (χ4n) is 1.40. The van der Waals surface area contributed by atoms with E-state index < -0.39 is 4.92 Å². The van der Waals surface area contributed by atoms with E-state index in [-0.39, 0.29) is 15.5 Å². The van der Waals surface area contributed by atoms with Crippen LogP contribution in [0.25, 0.3) is 10.9 Å². The number of nitro groups is 1. The molecule has 0 unspecified atom stereocenters. The molecule has 5 nitrogen and oxygen atoms in total. The Balaban J connectivity index is 3.09. The Morgan fingerprint density at radius 3 is 2.31 bits per heavy atom. The van der Waals surface area contributed by atoms with Crippen molar-refractivity contribution in [2.45, 2.75) is 14.7 Å². The molecule has 16 heavy (non-hydrogen) atoms. The van der Waals surface area contributed by atoms with Crippen LogP contribution in [0.4, 0.5) is 5.69 Å². The van der Waals surface area contributed by atoms with Crippen LogP contribution in [0, 0.1) is 14.8 Å². The average molecular weight is 291 g/mol. The van der Waals surface area contributed by atoms with Crippen LogP contribution in [0.15, 0.2) is 14.7 Å². The molecule has 0 saturated heterocycles. The monoisotopic (exact) mass is 291 g/mol. The topological polar surface area (TPSA) is 74.7 Å². The molecule has 1 heterocycles. The lowest BCUT2D eigenvalue weighted by Gasteiger charge is -2.04. The van der Waals surface area contributed by atoms with Gasteiger partial charge in [-0.25, -0.2) is 0 Å². The van der Waals surface area contributed by atoms with Crippen LogP contribution in [0.1, 0.15) is 0 Å². The third-order valence-corrected chi connectivity index (χ3v) is 3.91. The summed E-state index contributed by atoms with van der Waals surface area (Å²) in [5, 5.41) is 16.8. The second-order valence-electron chi connectivity index (χ2n) is 2.98. The Morgan fingerprint density at radius 2 is 1.75 bits per heavy atom. The zero-order valence-corrected chi connectivity index (χ0v) is 11.0. The summed E-state index contributed by atoms with van der Waals surface area (Å²) >= 11 is 17.4. The van der Waals surface area contributed by atoms with Gasteiger partial charge in [-0.1, -0.05) is 12.2 Å². The molecule has 0 aliphatic carbocycles. The summed E-state index contributed by atoms with van der Waals surface area (Å²) in [6.45, 7) is 0. The third-order valence-electron chi connectivity index (χ3n) is 2.11. The van der Waals surface area contributed by atoms with Gasteiger partial charge in [0.15, 0.2) is 0 Å². The summed E-state index contributed by atoms with van der Waals surface area (Å²) in [6.07, 6.45) is 0. The first-order chi connectivity index (χ1) is 7.45. The minimum Gasteiger partial charge on any atom is -0.298 e. The van der Waals surface area contributed by atoms with Crippen molar-refractivity contribution in [3.63, 3.8) is 0 Å². The van der Waals surface area contributed by atoms with Crippen LogP contribution >= 0.6 is 50.1 Å². The van der Waals surface area contributed by atoms with Crippen molar-refractivity contribution in [3.8, 4) is 0 Å². The van der Waals surface area contributed by atoms with E-state index in [1.807, 2.05) is 0 Å². The predicted molar refractivity (Wildman–Crippen MR) is 71.9 cm³/mol. The molecule has 84 valence electrons. The van der Waals surface area contributed by atoms with Gasteiger partial charge in [0.2, 0.25) is 0 Å². The lowest BCUT2D eigenvalue weighted by molar-refractivity contribution is -0.390. The summed E-state index contributed by atoms with van der Waals surface area (Å²) in [5.74, 6) is 0. The quantitative estimate of drug-likeness (QED) is 0.243. The second kappa shape index (κ2) is 3.99. The molecule has 0 amide bonds. The normalized spacial score (nSPS) is 10.9. The molecular formula is C7H5N3O2S4. The molecule has 0 saturated carbocycles. The number of rotatable bonds is 1. The number of fused-ring (bicyclic) bond motifs is 1. The maximum absolute atomic E-state index is 10.9. The lowest BCUT2D eigenvalue weighted by atomic mass is 10.2. The van der Waals surface area contributed by atoms with Crippen molar-refractivity contribution in [1.82, 2.24) is 10.2 Å². The number of nitro benzene ring substituents is 1. The van der Waals surface area contributed by atoms with Crippen molar-refractivity contribution in [2.75, 3.05) is 0 Å². The van der Waals surface area contributed by atoms with E-state index in [2.05, 4.69) is 48.1 Å². The Hall–Kier alpha value is -0.640. The number of H-pyrrole nitrogens is 2. The van der Waals surface area contributed by atoms with Crippen LogP contribution < -0.4 is 0 Å². The number of thiol groups is 3. The molecule has 2 aromatic rings. The predicted octanol–water partition coefficient (Wildman–Crippen LogP) is 3.00. The number of hydrogen-bond donors (Lipinski definition) is 5. The van der Waals surface area contributed by atoms with Crippen molar-refractivity contribution < 1.29 is 4.92 Å². The van der Waals surface area contributed by atoms with E-state index in [1.54, 1.807) is 0 Å². The molecule has 0 spiro atoms. The van der Waals surface area contributed by atoms with Gasteiger partial charge in [0.25, 0.3) is 5.69 Å². The first-order valence-electron chi connectivity index (χ1n) is 3.96. The number of nitrogens with zero attached hydrogens (tertiary/aromatic N) is 1. The molecule has 1 aromatic heterocycles. The van der Waals surface area contributed by atoms with Gasteiger partial charge in [0.1, 0.15) is 4.64 Å². The molecule has 2 N–H and O–H groups in total. The third kappa shape index (κ3) is 1.54. The molecule has 0 aliphatic rings. The fourth-order valence-corrected chi connectivity index (χ4v) is 2.81. The molecule has 0 atom stereocenters. The summed E-state index contributed by atoms with van der Waals surface area (Å²) in [7, 11) is 0. The number of aromatic amines is 2. The Bertz CT molecular complexity index is 660. The van der Waals surface area contributed by atoms with Gasteiger partial charge in [-0.2, -0.15) is 0 Å². The van der Waals surface area contributed by atoms with E-state index in [4.69, 9.17) is 12.2 Å². The molecule has 1 aromatic carbocycles. The first-order valence-corrected chi connectivity index (χ1v) is 5.71. The highest BCUT2D eigenvalue weighted by Gasteiger charge is 2.24. The van der Waals surface area contributed by atoms with E-state index in [0.29, 0.717) is 20.4 Å². The van der Waals surface area contributed by atoms with Gasteiger partial charge in [0.05, 0.1) is 30.5 Å². The zero-order valence-electron chi connectivity index (χ0n) is 7.51. The van der Waals surface area contributed by atoms with Crippen molar-refractivity contribution in [3.05, 3.63) is 14.8 Å². The van der Waals surface area contributed by atoms with Crippen molar-refractivity contribution in [1.29, 1.82) is 0 Å². The number of hydrogen-bond acceptors (Lipinski definition) is 6. The highest BCUT2D eigenvalue weighted by atomic mass is 32.1. The number of aromatic nitrogens is 2. The first kappa shape index (κ1) is 11.8. The van der Waals surface area contributed by atoms with E-state index in [9.17, 15) is 10.1 Å². The van der Waals surface area contributed by atoms with Crippen molar-refractivity contribution >= 4 is 66.7 Å². The molecule has 0 radical (unpaired) electrons. The fraction of sp³-hybridized carbons (Fsp3) is 0. The van der Waals surface area contributed by atoms with E-state index in [0.717, 1.165) is 0 Å². The van der Waals surface area contributed by atoms with E-state index in [1.165, 1.54) is 0 Å². The molecule has 0 fully saturated rings. The summed E-state index contributed by atoms with van der Waals surface area (Å²) in [4.78, 5) is 11.1. The Morgan fingerprint density at radius 1 is 1.12 bits per heavy atom.